The van der Waals surface area contributed by atoms with Crippen LogP contribution in [-0.2, 0) is 6.42 Å². The lowest BCUT2D eigenvalue weighted by Gasteiger charge is -2.06. The standard InChI is InChI=1S/C10H14N2/c1-3-9-5-4-6-12-10(9)7-8(2)11/h3-6,8H,1,7,11H2,2H3. The van der Waals surface area contributed by atoms with Gasteiger partial charge >= 0.3 is 0 Å². The summed E-state index contributed by atoms with van der Waals surface area (Å²) in [5.41, 5.74) is 7.78. The number of hydrogen-bond donors (Lipinski definition) is 1. The Bertz CT molecular complexity index is 266. The van der Waals surface area contributed by atoms with Gasteiger partial charge in [0, 0.05) is 24.4 Å². The van der Waals surface area contributed by atoms with Crippen LogP contribution in [-0.4, -0.2) is 11.0 Å². The number of aromatic nitrogens is 1. The summed E-state index contributed by atoms with van der Waals surface area (Å²) in [6, 6.07) is 4.05. The fourth-order valence-corrected chi connectivity index (χ4v) is 1.11. The average molecular weight is 162 g/mol. The third-order valence-electron chi connectivity index (χ3n) is 1.66. The van der Waals surface area contributed by atoms with Gasteiger partial charge in [-0.2, -0.15) is 0 Å². The first-order chi connectivity index (χ1) is 5.74. The molecule has 0 fully saturated rings. The van der Waals surface area contributed by atoms with Crippen LogP contribution in [0.1, 0.15) is 18.2 Å². The average Bonchev–Trinajstić information content (AvgIpc) is 2.04. The zero-order chi connectivity index (χ0) is 8.97. The lowest BCUT2D eigenvalue weighted by atomic mass is 10.1. The van der Waals surface area contributed by atoms with Crippen LogP contribution in [0.2, 0.25) is 0 Å². The smallest absolute Gasteiger partial charge is 0.0490 e. The molecule has 1 aromatic heterocycles. The van der Waals surface area contributed by atoms with Crippen LogP contribution in [0.3, 0.4) is 0 Å². The van der Waals surface area contributed by atoms with Crippen LogP contribution in [0.15, 0.2) is 24.9 Å². The van der Waals surface area contributed by atoms with Crippen molar-refractivity contribution in [1.29, 1.82) is 0 Å². The maximum absolute atomic E-state index is 5.67. The van der Waals surface area contributed by atoms with Crippen LogP contribution in [0.25, 0.3) is 6.08 Å². The molecule has 64 valence electrons. The van der Waals surface area contributed by atoms with Gasteiger partial charge in [-0.3, -0.25) is 4.98 Å². The summed E-state index contributed by atoms with van der Waals surface area (Å²) in [6.07, 6.45) is 4.40. The number of rotatable bonds is 3. The predicted octanol–water partition coefficient (Wildman–Crippen LogP) is 1.61. The molecule has 12 heavy (non-hydrogen) atoms. The Morgan fingerprint density at radius 3 is 3.08 bits per heavy atom. The number of nitrogens with two attached hydrogens (primary N) is 1. The highest BCUT2D eigenvalue weighted by Crippen LogP contribution is 2.08. The van der Waals surface area contributed by atoms with E-state index in [0.717, 1.165) is 17.7 Å². The summed E-state index contributed by atoms with van der Waals surface area (Å²) < 4.78 is 0. The lowest BCUT2D eigenvalue weighted by Crippen LogP contribution is -2.19. The highest BCUT2D eigenvalue weighted by molar-refractivity contribution is 5.49. The highest BCUT2D eigenvalue weighted by atomic mass is 14.7. The normalized spacial score (nSPS) is 12.5. The molecule has 1 unspecified atom stereocenters. The van der Waals surface area contributed by atoms with E-state index in [9.17, 15) is 0 Å². The molecule has 1 rings (SSSR count). The molecule has 1 atom stereocenters. The molecule has 2 nitrogen and oxygen atoms in total. The first-order valence-electron chi connectivity index (χ1n) is 4.06. The minimum absolute atomic E-state index is 0.151. The number of hydrogen-bond acceptors (Lipinski definition) is 2. The maximum atomic E-state index is 5.67. The van der Waals surface area contributed by atoms with Crippen LogP contribution in [0.5, 0.6) is 0 Å². The van der Waals surface area contributed by atoms with E-state index in [4.69, 9.17) is 5.73 Å². The van der Waals surface area contributed by atoms with Crippen molar-refractivity contribution in [3.05, 3.63) is 36.2 Å². The van der Waals surface area contributed by atoms with Crippen LogP contribution < -0.4 is 5.73 Å². The molecule has 0 amide bonds. The van der Waals surface area contributed by atoms with Gasteiger partial charge in [-0.15, -0.1) is 0 Å². The second kappa shape index (κ2) is 4.02. The number of nitrogens with zero attached hydrogens (tertiary/aromatic N) is 1. The molecule has 0 aliphatic carbocycles. The van der Waals surface area contributed by atoms with Crippen molar-refractivity contribution in [2.75, 3.05) is 0 Å². The molecule has 0 radical (unpaired) electrons. The monoisotopic (exact) mass is 162 g/mol. The Morgan fingerprint density at radius 1 is 1.75 bits per heavy atom. The van der Waals surface area contributed by atoms with Crippen molar-refractivity contribution < 1.29 is 0 Å². The van der Waals surface area contributed by atoms with E-state index >= 15 is 0 Å². The SMILES string of the molecule is C=Cc1cccnc1CC(C)N. The molecule has 1 aromatic rings. The third-order valence-corrected chi connectivity index (χ3v) is 1.66. The van der Waals surface area contributed by atoms with Gasteiger partial charge in [-0.05, 0) is 18.6 Å². The van der Waals surface area contributed by atoms with Gasteiger partial charge in [0.25, 0.3) is 0 Å². The Hall–Kier alpha value is -1.15. The molecule has 0 aliphatic heterocycles. The van der Waals surface area contributed by atoms with E-state index in [-0.39, 0.29) is 6.04 Å². The van der Waals surface area contributed by atoms with Gasteiger partial charge in [-0.1, -0.05) is 18.7 Å². The zero-order valence-electron chi connectivity index (χ0n) is 7.33. The van der Waals surface area contributed by atoms with E-state index in [1.807, 2.05) is 25.1 Å². The van der Waals surface area contributed by atoms with Gasteiger partial charge < -0.3 is 5.73 Å². The Kier molecular flexibility index (Phi) is 3.00. The highest BCUT2D eigenvalue weighted by Gasteiger charge is 2.02. The van der Waals surface area contributed by atoms with Crippen LogP contribution >= 0.6 is 0 Å². The minimum atomic E-state index is 0.151. The van der Waals surface area contributed by atoms with Crippen molar-refractivity contribution in [3.63, 3.8) is 0 Å². The molecule has 1 heterocycles. The van der Waals surface area contributed by atoms with Gasteiger partial charge in [0.15, 0.2) is 0 Å². The fraction of sp³-hybridized carbons (Fsp3) is 0.300. The first-order valence-corrected chi connectivity index (χ1v) is 4.06. The van der Waals surface area contributed by atoms with Crippen LogP contribution in [0, 0.1) is 0 Å². The second-order valence-corrected chi connectivity index (χ2v) is 2.92. The second-order valence-electron chi connectivity index (χ2n) is 2.92. The Labute approximate surface area is 73.1 Å². The summed E-state index contributed by atoms with van der Waals surface area (Å²) >= 11 is 0. The third kappa shape index (κ3) is 2.17. The minimum Gasteiger partial charge on any atom is -0.328 e. The Morgan fingerprint density at radius 2 is 2.50 bits per heavy atom. The van der Waals surface area contributed by atoms with E-state index in [0.29, 0.717) is 0 Å². The van der Waals surface area contributed by atoms with E-state index < -0.39 is 0 Å². The molecule has 0 saturated carbocycles. The quantitative estimate of drug-likeness (QED) is 0.733. The Balaban J connectivity index is 2.89. The largest absolute Gasteiger partial charge is 0.328 e. The summed E-state index contributed by atoms with van der Waals surface area (Å²) in [4.78, 5) is 4.24. The first kappa shape index (κ1) is 8.94. The molecular formula is C10H14N2. The maximum Gasteiger partial charge on any atom is 0.0490 e. The summed E-state index contributed by atoms with van der Waals surface area (Å²) in [5.74, 6) is 0. The van der Waals surface area contributed by atoms with Crippen molar-refractivity contribution in [1.82, 2.24) is 4.98 Å². The number of pyridine rings is 1. The van der Waals surface area contributed by atoms with Crippen molar-refractivity contribution in [2.24, 2.45) is 5.73 Å². The summed E-state index contributed by atoms with van der Waals surface area (Å²) in [5, 5.41) is 0. The molecule has 0 saturated heterocycles. The molecular weight excluding hydrogens is 148 g/mol. The topological polar surface area (TPSA) is 38.9 Å². The molecule has 0 aliphatic rings. The van der Waals surface area contributed by atoms with Gasteiger partial charge in [0.1, 0.15) is 0 Å². The van der Waals surface area contributed by atoms with Crippen molar-refractivity contribution >= 4 is 6.08 Å². The summed E-state index contributed by atoms with van der Waals surface area (Å²) in [6.45, 7) is 5.69. The molecule has 0 spiro atoms. The molecule has 0 aromatic carbocycles. The van der Waals surface area contributed by atoms with E-state index in [2.05, 4.69) is 11.6 Å². The fourth-order valence-electron chi connectivity index (χ4n) is 1.11. The lowest BCUT2D eigenvalue weighted by molar-refractivity contribution is 0.721. The van der Waals surface area contributed by atoms with Gasteiger partial charge in [-0.25, -0.2) is 0 Å². The van der Waals surface area contributed by atoms with Gasteiger partial charge in [0.2, 0.25) is 0 Å². The molecule has 0 bridgehead atoms. The molecule has 2 heteroatoms. The predicted molar refractivity (Wildman–Crippen MR) is 51.7 cm³/mol. The van der Waals surface area contributed by atoms with E-state index in [1.54, 1.807) is 6.20 Å². The summed E-state index contributed by atoms with van der Waals surface area (Å²) in [7, 11) is 0. The van der Waals surface area contributed by atoms with Crippen molar-refractivity contribution in [2.45, 2.75) is 19.4 Å². The molecule has 2 N–H and O–H groups in total. The van der Waals surface area contributed by atoms with Crippen molar-refractivity contribution in [3.8, 4) is 0 Å². The van der Waals surface area contributed by atoms with Gasteiger partial charge in [0.05, 0.1) is 0 Å². The zero-order valence-corrected chi connectivity index (χ0v) is 7.33. The van der Waals surface area contributed by atoms with E-state index in [1.165, 1.54) is 0 Å². The van der Waals surface area contributed by atoms with Crippen LogP contribution in [0.4, 0.5) is 0 Å².